The lowest BCUT2D eigenvalue weighted by Gasteiger charge is -2.30. The molecule has 0 radical (unpaired) electrons. The number of fused-ring (bicyclic) bond motifs is 1. The zero-order valence-electron chi connectivity index (χ0n) is 27.8. The number of halogens is 2. The quantitative estimate of drug-likeness (QED) is 0.111. The molecule has 2 atom stereocenters. The molecule has 1 aliphatic rings. The summed E-state index contributed by atoms with van der Waals surface area (Å²) >= 11 is 0. The minimum Gasteiger partial charge on any atom is -0.457 e. The molecule has 1 fully saturated rings. The topological polar surface area (TPSA) is 156 Å². The molecule has 0 unspecified atom stereocenters. The Morgan fingerprint density at radius 3 is 2.54 bits per heavy atom. The van der Waals surface area contributed by atoms with Crippen LogP contribution in [0.5, 0.6) is 11.5 Å². The first-order valence-corrected chi connectivity index (χ1v) is 16.8. The average molecular weight is 705 g/mol. The zero-order valence-corrected chi connectivity index (χ0v) is 27.8. The van der Waals surface area contributed by atoms with Crippen molar-refractivity contribution < 1.29 is 27.8 Å². The van der Waals surface area contributed by atoms with Crippen molar-refractivity contribution in [2.45, 2.75) is 50.9 Å². The van der Waals surface area contributed by atoms with Crippen molar-refractivity contribution in [1.82, 2.24) is 35.6 Å². The highest BCUT2D eigenvalue weighted by Crippen LogP contribution is 2.29. The molecule has 4 aromatic heterocycles. The normalized spacial score (nSPS) is 15.5. The zero-order chi connectivity index (χ0) is 35.9. The molecule has 4 heterocycles. The average Bonchev–Trinajstić information content (AvgIpc) is 3.58. The van der Waals surface area contributed by atoms with Crippen molar-refractivity contribution in [3.63, 3.8) is 0 Å². The maximum absolute atomic E-state index is 14.8. The van der Waals surface area contributed by atoms with Gasteiger partial charge in [-0.2, -0.15) is 0 Å². The maximum Gasteiger partial charge on any atom is 0.407 e. The van der Waals surface area contributed by atoms with Gasteiger partial charge in [0.2, 0.25) is 0 Å². The van der Waals surface area contributed by atoms with Gasteiger partial charge in [0.05, 0.1) is 12.4 Å². The van der Waals surface area contributed by atoms with Gasteiger partial charge in [-0.15, -0.1) is 0 Å². The molecular formula is C38H34F2N8O4. The van der Waals surface area contributed by atoms with Crippen molar-refractivity contribution in [3.05, 3.63) is 126 Å². The van der Waals surface area contributed by atoms with Crippen LogP contribution >= 0.6 is 0 Å². The summed E-state index contributed by atoms with van der Waals surface area (Å²) in [4.78, 5) is 45.3. The van der Waals surface area contributed by atoms with E-state index in [1.807, 2.05) is 54.6 Å². The number of aromatic nitrogens is 5. The van der Waals surface area contributed by atoms with E-state index in [2.05, 4.69) is 40.9 Å². The minimum absolute atomic E-state index is 0.0189. The van der Waals surface area contributed by atoms with Crippen LogP contribution < -0.4 is 20.7 Å². The van der Waals surface area contributed by atoms with Gasteiger partial charge < -0.3 is 30.4 Å². The van der Waals surface area contributed by atoms with Crippen LogP contribution in [0.3, 0.4) is 0 Å². The Labute approximate surface area is 297 Å². The van der Waals surface area contributed by atoms with Gasteiger partial charge in [0.25, 0.3) is 5.91 Å². The number of nitrogens with one attached hydrogen (secondary N) is 4. The fourth-order valence-electron chi connectivity index (χ4n) is 6.03. The van der Waals surface area contributed by atoms with Crippen molar-refractivity contribution in [3.8, 4) is 22.9 Å². The van der Waals surface area contributed by atoms with Gasteiger partial charge in [0.15, 0.2) is 17.5 Å². The van der Waals surface area contributed by atoms with Gasteiger partial charge in [-0.3, -0.25) is 9.78 Å². The van der Waals surface area contributed by atoms with Crippen LogP contribution in [-0.2, 0) is 17.9 Å². The molecule has 0 aliphatic heterocycles. The number of hydrogen-bond donors (Lipinski definition) is 4. The maximum atomic E-state index is 14.8. The fourth-order valence-corrected chi connectivity index (χ4v) is 6.03. The summed E-state index contributed by atoms with van der Waals surface area (Å²) in [5, 5.41) is 9.41. The molecular weight excluding hydrogens is 670 g/mol. The Morgan fingerprint density at radius 1 is 0.885 bits per heavy atom. The van der Waals surface area contributed by atoms with Crippen LogP contribution in [0.4, 0.5) is 19.4 Å². The van der Waals surface area contributed by atoms with E-state index >= 15 is 0 Å². The Hall–Kier alpha value is -6.44. The van der Waals surface area contributed by atoms with Crippen LogP contribution in [-0.4, -0.2) is 49.0 Å². The van der Waals surface area contributed by atoms with Crippen LogP contribution in [0.25, 0.3) is 22.4 Å². The van der Waals surface area contributed by atoms with Gasteiger partial charge in [-0.1, -0.05) is 30.3 Å². The van der Waals surface area contributed by atoms with Crippen molar-refractivity contribution in [2.75, 3.05) is 5.32 Å². The van der Waals surface area contributed by atoms with Crippen molar-refractivity contribution >= 4 is 28.9 Å². The molecule has 6 aromatic rings. The smallest absolute Gasteiger partial charge is 0.407 e. The number of amides is 2. The van der Waals surface area contributed by atoms with Gasteiger partial charge >= 0.3 is 6.09 Å². The highest BCUT2D eigenvalue weighted by Gasteiger charge is 2.26. The first kappa shape index (κ1) is 34.0. The van der Waals surface area contributed by atoms with Crippen LogP contribution in [0.15, 0.2) is 97.6 Å². The lowest BCUT2D eigenvalue weighted by atomic mass is 9.91. The number of aromatic amines is 1. The molecule has 1 aliphatic carbocycles. The summed E-state index contributed by atoms with van der Waals surface area (Å²) in [5.74, 6) is 0.153. The summed E-state index contributed by atoms with van der Waals surface area (Å²) in [5.41, 5.74) is 2.62. The van der Waals surface area contributed by atoms with Crippen molar-refractivity contribution in [2.24, 2.45) is 0 Å². The van der Waals surface area contributed by atoms with E-state index in [9.17, 15) is 18.4 Å². The predicted molar refractivity (Wildman–Crippen MR) is 188 cm³/mol. The largest absolute Gasteiger partial charge is 0.457 e. The molecule has 0 bridgehead atoms. The first-order chi connectivity index (χ1) is 25.4. The number of ether oxygens (including phenoxy) is 2. The fraction of sp³-hybridized carbons (Fsp3) is 0.211. The van der Waals surface area contributed by atoms with E-state index in [1.165, 1.54) is 12.3 Å². The summed E-state index contributed by atoms with van der Waals surface area (Å²) in [6.07, 6.45) is 7.47. The van der Waals surface area contributed by atoms with Gasteiger partial charge in [-0.05, 0) is 79.3 Å². The number of carbonyl (C=O) groups is 2. The molecule has 0 spiro atoms. The molecule has 12 nitrogen and oxygen atoms in total. The number of alkyl carbamates (subject to hydrolysis) is 1. The number of carbonyl (C=O) groups excluding carboxylic acids is 2. The Bertz CT molecular complexity index is 2180. The Balaban J connectivity index is 0.889. The van der Waals surface area contributed by atoms with E-state index in [1.54, 1.807) is 18.3 Å². The van der Waals surface area contributed by atoms with Gasteiger partial charge in [0.1, 0.15) is 35.3 Å². The van der Waals surface area contributed by atoms with E-state index in [0.717, 1.165) is 43.0 Å². The van der Waals surface area contributed by atoms with Gasteiger partial charge in [-0.25, -0.2) is 28.5 Å². The number of benzene rings is 2. The summed E-state index contributed by atoms with van der Waals surface area (Å²) in [6, 6.07) is 21.0. The molecule has 2 amide bonds. The second-order valence-corrected chi connectivity index (χ2v) is 12.4. The Morgan fingerprint density at radius 2 is 1.69 bits per heavy atom. The number of rotatable bonds is 11. The molecule has 1 saturated carbocycles. The number of para-hydroxylation sites is 1. The predicted octanol–water partition coefficient (Wildman–Crippen LogP) is 7.06. The number of anilines is 1. The number of H-pyrrole nitrogens is 1. The van der Waals surface area contributed by atoms with Gasteiger partial charge in [0, 0.05) is 42.0 Å². The highest BCUT2D eigenvalue weighted by molar-refractivity contribution is 5.93. The van der Waals surface area contributed by atoms with Crippen molar-refractivity contribution in [1.29, 1.82) is 0 Å². The molecule has 2 aromatic carbocycles. The third kappa shape index (κ3) is 8.46. The van der Waals surface area contributed by atoms with Crippen LogP contribution in [0.1, 0.15) is 47.3 Å². The number of pyridine rings is 2. The van der Waals surface area contributed by atoms with Crippen LogP contribution in [0.2, 0.25) is 0 Å². The number of hydrogen-bond acceptors (Lipinski definition) is 9. The standard InChI is InChI=1S/C38H34F2N8O4/c39-25-16-30-31(20-43-34(30)42-19-25)35-44-21-32(40)36(48-35)46-26-5-4-6-27(17-26)47-37(49)33-15-24(13-14-41-33)22-51-38(50)45-18-23-9-11-29(12-10-23)52-28-7-2-1-3-8-28/h1-3,7-16,19-21,26-27H,4-6,17-18,22H2,(H,42,43)(H,45,50)(H,47,49)(H,44,46,48)/t26-,27+/m1/s1. The molecule has 14 heteroatoms. The summed E-state index contributed by atoms with van der Waals surface area (Å²) in [7, 11) is 0. The van der Waals surface area contributed by atoms with E-state index in [4.69, 9.17) is 9.47 Å². The lowest BCUT2D eigenvalue weighted by Crippen LogP contribution is -2.42. The monoisotopic (exact) mass is 704 g/mol. The molecule has 7 rings (SSSR count). The third-order valence-electron chi connectivity index (χ3n) is 8.60. The Kier molecular flexibility index (Phi) is 10.2. The SMILES string of the molecule is O=C(NCc1ccc(Oc2ccccc2)cc1)OCc1ccnc(C(=O)N[C@H]2CCC[C@@H](Nc3nc(-c4c[nH]c5ncc(F)cc45)ncc3F)C2)c1. The second-order valence-electron chi connectivity index (χ2n) is 12.4. The summed E-state index contributed by atoms with van der Waals surface area (Å²) < 4.78 is 39.9. The molecule has 264 valence electrons. The summed E-state index contributed by atoms with van der Waals surface area (Å²) in [6.45, 7) is 0.212. The van der Waals surface area contributed by atoms with E-state index in [0.29, 0.717) is 34.3 Å². The van der Waals surface area contributed by atoms with E-state index < -0.39 is 17.7 Å². The molecule has 52 heavy (non-hydrogen) atoms. The highest BCUT2D eigenvalue weighted by atomic mass is 19.1. The number of nitrogens with zero attached hydrogens (tertiary/aromatic N) is 4. The first-order valence-electron chi connectivity index (χ1n) is 16.8. The third-order valence-corrected chi connectivity index (χ3v) is 8.60. The molecule has 4 N–H and O–H groups in total. The van der Waals surface area contributed by atoms with Crippen LogP contribution in [0, 0.1) is 11.6 Å². The lowest BCUT2D eigenvalue weighted by molar-refractivity contribution is 0.0921. The molecule has 0 saturated heterocycles. The van der Waals surface area contributed by atoms with E-state index in [-0.39, 0.29) is 48.5 Å². The second kappa shape index (κ2) is 15.6. The minimum atomic E-state index is -0.626.